The maximum atomic E-state index is 12.6. The highest BCUT2D eigenvalue weighted by Crippen LogP contribution is 2.22. The standard InChI is InChI=1S/C23H27ClN6O2/c1-15-20(30-10-2-9-26-23(30)27-15)14-29-11-7-18(8-12-29)28-21(31)13-19(22(25)32)16-3-5-17(24)6-4-16/h2-6,9-10,18-19H,7-8,11-14H2,1H3,(H2,25,32)(H,28,31). The summed E-state index contributed by atoms with van der Waals surface area (Å²) in [6.07, 6.45) is 5.46. The molecule has 1 aliphatic heterocycles. The van der Waals surface area contributed by atoms with Gasteiger partial charge in [0.25, 0.3) is 0 Å². The lowest BCUT2D eigenvalue weighted by molar-refractivity contribution is -0.126. The largest absolute Gasteiger partial charge is 0.369 e. The highest BCUT2D eigenvalue weighted by atomic mass is 35.5. The Labute approximate surface area is 191 Å². The zero-order valence-electron chi connectivity index (χ0n) is 18.0. The number of carbonyl (C=O) groups excluding carboxylic acids is 2. The highest BCUT2D eigenvalue weighted by Gasteiger charge is 2.26. The van der Waals surface area contributed by atoms with E-state index in [4.69, 9.17) is 17.3 Å². The Morgan fingerprint density at radius 2 is 1.97 bits per heavy atom. The lowest BCUT2D eigenvalue weighted by Gasteiger charge is -2.32. The monoisotopic (exact) mass is 454 g/mol. The van der Waals surface area contributed by atoms with Gasteiger partial charge in [-0.15, -0.1) is 0 Å². The fourth-order valence-electron chi connectivity index (χ4n) is 4.23. The van der Waals surface area contributed by atoms with Gasteiger partial charge in [0, 0.05) is 49.5 Å². The van der Waals surface area contributed by atoms with Gasteiger partial charge in [-0.1, -0.05) is 23.7 Å². The number of aryl methyl sites for hydroxylation is 1. The van der Waals surface area contributed by atoms with Gasteiger partial charge in [0.05, 0.1) is 17.3 Å². The van der Waals surface area contributed by atoms with Crippen molar-refractivity contribution in [1.82, 2.24) is 24.6 Å². The second kappa shape index (κ2) is 9.67. The molecule has 1 aromatic carbocycles. The number of aromatic nitrogens is 3. The summed E-state index contributed by atoms with van der Waals surface area (Å²) in [5.74, 6) is -0.632. The molecule has 3 aromatic rings. The van der Waals surface area contributed by atoms with Gasteiger partial charge in [-0.3, -0.25) is 18.9 Å². The summed E-state index contributed by atoms with van der Waals surface area (Å²) >= 11 is 5.92. The Kier molecular flexibility index (Phi) is 6.72. The number of hydrogen-bond donors (Lipinski definition) is 2. The van der Waals surface area contributed by atoms with E-state index in [1.165, 1.54) is 0 Å². The van der Waals surface area contributed by atoms with E-state index in [0.717, 1.165) is 43.9 Å². The zero-order chi connectivity index (χ0) is 22.7. The van der Waals surface area contributed by atoms with E-state index >= 15 is 0 Å². The number of piperidine rings is 1. The molecule has 2 amide bonds. The number of fused-ring (bicyclic) bond motifs is 1. The number of nitrogens with zero attached hydrogens (tertiary/aromatic N) is 4. The number of carbonyl (C=O) groups is 2. The molecule has 1 saturated heterocycles. The van der Waals surface area contributed by atoms with Crippen molar-refractivity contribution < 1.29 is 9.59 Å². The van der Waals surface area contributed by atoms with Gasteiger partial charge in [0.1, 0.15) is 0 Å². The van der Waals surface area contributed by atoms with Crippen LogP contribution in [-0.2, 0) is 16.1 Å². The van der Waals surface area contributed by atoms with Crippen molar-refractivity contribution in [2.75, 3.05) is 13.1 Å². The quantitative estimate of drug-likeness (QED) is 0.570. The van der Waals surface area contributed by atoms with E-state index in [9.17, 15) is 9.59 Å². The molecular weight excluding hydrogens is 428 g/mol. The van der Waals surface area contributed by atoms with Crippen molar-refractivity contribution >= 4 is 29.2 Å². The number of nitrogens with two attached hydrogens (primary N) is 1. The van der Waals surface area contributed by atoms with Crippen LogP contribution in [0, 0.1) is 6.92 Å². The molecular formula is C23H27ClN6O2. The molecule has 1 fully saturated rings. The van der Waals surface area contributed by atoms with Crippen LogP contribution in [0.4, 0.5) is 0 Å². The molecule has 168 valence electrons. The SMILES string of the molecule is Cc1nc2ncccn2c1CN1CCC(NC(=O)CC(C(N)=O)c2ccc(Cl)cc2)CC1. The van der Waals surface area contributed by atoms with Crippen molar-refractivity contribution in [3.8, 4) is 0 Å². The van der Waals surface area contributed by atoms with Gasteiger partial charge >= 0.3 is 0 Å². The van der Waals surface area contributed by atoms with Crippen LogP contribution in [0.25, 0.3) is 5.78 Å². The van der Waals surface area contributed by atoms with Crippen LogP contribution in [0.1, 0.15) is 42.1 Å². The third-order valence-corrected chi connectivity index (χ3v) is 6.29. The molecule has 9 heteroatoms. The lowest BCUT2D eigenvalue weighted by Crippen LogP contribution is -2.45. The molecule has 2 aromatic heterocycles. The average molecular weight is 455 g/mol. The van der Waals surface area contributed by atoms with Crippen LogP contribution in [0.15, 0.2) is 42.7 Å². The van der Waals surface area contributed by atoms with Crippen molar-refractivity contribution in [3.05, 3.63) is 64.7 Å². The minimum atomic E-state index is -0.668. The molecule has 0 bridgehead atoms. The number of halogens is 1. The van der Waals surface area contributed by atoms with Crippen LogP contribution in [0.5, 0.6) is 0 Å². The van der Waals surface area contributed by atoms with Crippen molar-refractivity contribution in [3.63, 3.8) is 0 Å². The Balaban J connectivity index is 1.30. The van der Waals surface area contributed by atoms with Crippen LogP contribution < -0.4 is 11.1 Å². The normalized spacial score (nSPS) is 16.2. The number of benzene rings is 1. The summed E-state index contributed by atoms with van der Waals surface area (Å²) in [4.78, 5) is 35.7. The number of primary amides is 1. The molecule has 0 saturated carbocycles. The predicted molar refractivity (Wildman–Crippen MR) is 122 cm³/mol. The zero-order valence-corrected chi connectivity index (χ0v) is 18.8. The summed E-state index contributed by atoms with van der Waals surface area (Å²) in [6, 6.07) is 8.86. The fourth-order valence-corrected chi connectivity index (χ4v) is 4.36. The third kappa shape index (κ3) is 5.08. The number of amides is 2. The summed E-state index contributed by atoms with van der Waals surface area (Å²) < 4.78 is 2.03. The Bertz CT molecular complexity index is 1110. The second-order valence-corrected chi connectivity index (χ2v) is 8.70. The summed E-state index contributed by atoms with van der Waals surface area (Å²) in [5, 5.41) is 3.65. The minimum Gasteiger partial charge on any atom is -0.369 e. The lowest BCUT2D eigenvalue weighted by atomic mass is 9.94. The number of imidazole rings is 1. The first-order valence-corrected chi connectivity index (χ1v) is 11.1. The number of rotatable bonds is 7. The van der Waals surface area contributed by atoms with E-state index in [1.807, 2.05) is 23.6 Å². The van der Waals surface area contributed by atoms with E-state index in [0.29, 0.717) is 16.4 Å². The maximum absolute atomic E-state index is 12.6. The molecule has 0 aliphatic carbocycles. The van der Waals surface area contributed by atoms with E-state index < -0.39 is 11.8 Å². The molecule has 0 radical (unpaired) electrons. The Morgan fingerprint density at radius 1 is 1.25 bits per heavy atom. The van der Waals surface area contributed by atoms with Gasteiger partial charge in [-0.25, -0.2) is 9.97 Å². The second-order valence-electron chi connectivity index (χ2n) is 8.26. The molecule has 1 atom stereocenters. The van der Waals surface area contributed by atoms with Crippen molar-refractivity contribution in [2.24, 2.45) is 5.73 Å². The molecule has 4 rings (SSSR count). The van der Waals surface area contributed by atoms with Gasteiger partial charge in [0.15, 0.2) is 0 Å². The average Bonchev–Trinajstić information content (AvgIpc) is 3.09. The molecule has 1 aliphatic rings. The van der Waals surface area contributed by atoms with Crippen molar-refractivity contribution in [2.45, 2.75) is 44.7 Å². The Hall–Kier alpha value is -2.97. The molecule has 8 nitrogen and oxygen atoms in total. The number of hydrogen-bond acceptors (Lipinski definition) is 5. The molecule has 0 spiro atoms. The van der Waals surface area contributed by atoms with Crippen LogP contribution in [0.2, 0.25) is 5.02 Å². The Morgan fingerprint density at radius 3 is 2.66 bits per heavy atom. The van der Waals surface area contributed by atoms with E-state index in [2.05, 4.69) is 20.2 Å². The summed E-state index contributed by atoms with van der Waals surface area (Å²) in [5.41, 5.74) is 8.38. The smallest absolute Gasteiger partial charge is 0.234 e. The fraction of sp³-hybridized carbons (Fsp3) is 0.391. The van der Waals surface area contributed by atoms with Crippen molar-refractivity contribution in [1.29, 1.82) is 0 Å². The summed E-state index contributed by atoms with van der Waals surface area (Å²) in [7, 11) is 0. The first-order chi connectivity index (χ1) is 15.4. The van der Waals surface area contributed by atoms with Gasteiger partial charge in [-0.2, -0.15) is 0 Å². The third-order valence-electron chi connectivity index (χ3n) is 6.03. The first-order valence-electron chi connectivity index (χ1n) is 10.8. The summed E-state index contributed by atoms with van der Waals surface area (Å²) in [6.45, 7) is 4.54. The topological polar surface area (TPSA) is 106 Å². The number of likely N-dealkylation sites (tertiary alicyclic amines) is 1. The molecule has 32 heavy (non-hydrogen) atoms. The van der Waals surface area contributed by atoms with E-state index in [1.54, 1.807) is 30.5 Å². The first kappa shape index (κ1) is 22.2. The number of nitrogens with one attached hydrogen (secondary N) is 1. The molecule has 3 heterocycles. The predicted octanol–water partition coefficient (Wildman–Crippen LogP) is 2.43. The van der Waals surface area contributed by atoms with Crippen LogP contribution in [-0.4, -0.2) is 50.2 Å². The van der Waals surface area contributed by atoms with Gasteiger partial charge < -0.3 is 11.1 Å². The van der Waals surface area contributed by atoms with Crippen LogP contribution in [0.3, 0.4) is 0 Å². The van der Waals surface area contributed by atoms with E-state index in [-0.39, 0.29) is 18.4 Å². The minimum absolute atomic E-state index is 0.0329. The molecule has 3 N–H and O–H groups in total. The van der Waals surface area contributed by atoms with Gasteiger partial charge in [-0.05, 0) is 43.5 Å². The van der Waals surface area contributed by atoms with Gasteiger partial charge in [0.2, 0.25) is 17.6 Å². The van der Waals surface area contributed by atoms with Crippen LogP contribution >= 0.6 is 11.6 Å². The highest BCUT2D eigenvalue weighted by molar-refractivity contribution is 6.30. The molecule has 1 unspecified atom stereocenters. The maximum Gasteiger partial charge on any atom is 0.234 e.